The predicted molar refractivity (Wildman–Crippen MR) is 41.6 cm³/mol. The molecule has 2 nitrogen and oxygen atoms in total. The van der Waals surface area contributed by atoms with Crippen LogP contribution < -0.4 is 0 Å². The standard InChI is InChI=1S/C7H14O2S/c1-6(2)7-4-3-5-10(7,8)9/h6-7H,3-5H2,1-2H3. The highest BCUT2D eigenvalue weighted by Crippen LogP contribution is 2.25. The molecule has 0 aromatic rings. The van der Waals surface area contributed by atoms with E-state index in [0.29, 0.717) is 11.7 Å². The molecule has 60 valence electrons. The van der Waals surface area contributed by atoms with Crippen LogP contribution in [-0.4, -0.2) is 19.4 Å². The van der Waals surface area contributed by atoms with Crippen LogP contribution in [-0.2, 0) is 9.84 Å². The lowest BCUT2D eigenvalue weighted by molar-refractivity contribution is 0.538. The van der Waals surface area contributed by atoms with E-state index >= 15 is 0 Å². The monoisotopic (exact) mass is 162 g/mol. The van der Waals surface area contributed by atoms with Crippen LogP contribution in [0.2, 0.25) is 0 Å². The van der Waals surface area contributed by atoms with E-state index in [2.05, 4.69) is 0 Å². The Bertz CT molecular complexity index is 204. The first-order valence-corrected chi connectivity index (χ1v) is 5.47. The summed E-state index contributed by atoms with van der Waals surface area (Å²) in [5.41, 5.74) is 0. The molecular weight excluding hydrogens is 148 g/mol. The first-order valence-electron chi connectivity index (χ1n) is 3.75. The van der Waals surface area contributed by atoms with Crippen LogP contribution in [0.1, 0.15) is 26.7 Å². The van der Waals surface area contributed by atoms with Crippen LogP contribution in [0.15, 0.2) is 0 Å². The highest BCUT2D eigenvalue weighted by molar-refractivity contribution is 7.92. The van der Waals surface area contributed by atoms with Crippen LogP contribution >= 0.6 is 0 Å². The second kappa shape index (κ2) is 2.53. The van der Waals surface area contributed by atoms with Gasteiger partial charge in [-0.15, -0.1) is 0 Å². The maximum absolute atomic E-state index is 11.2. The fraction of sp³-hybridized carbons (Fsp3) is 1.00. The van der Waals surface area contributed by atoms with Gasteiger partial charge in [0.25, 0.3) is 0 Å². The van der Waals surface area contributed by atoms with Crippen molar-refractivity contribution in [2.24, 2.45) is 5.92 Å². The molecule has 1 atom stereocenters. The molecule has 0 radical (unpaired) electrons. The summed E-state index contributed by atoms with van der Waals surface area (Å²) in [6.07, 6.45) is 1.74. The van der Waals surface area contributed by atoms with E-state index in [-0.39, 0.29) is 5.25 Å². The van der Waals surface area contributed by atoms with Gasteiger partial charge >= 0.3 is 0 Å². The van der Waals surface area contributed by atoms with Crippen LogP contribution in [0.4, 0.5) is 0 Å². The first-order chi connectivity index (χ1) is 4.54. The molecule has 0 amide bonds. The summed E-state index contributed by atoms with van der Waals surface area (Å²) >= 11 is 0. The van der Waals surface area contributed by atoms with Crippen molar-refractivity contribution in [1.29, 1.82) is 0 Å². The van der Waals surface area contributed by atoms with E-state index in [4.69, 9.17) is 0 Å². The minimum atomic E-state index is -2.69. The van der Waals surface area contributed by atoms with Crippen molar-refractivity contribution in [3.8, 4) is 0 Å². The summed E-state index contributed by atoms with van der Waals surface area (Å²) in [5.74, 6) is 0.711. The zero-order chi connectivity index (χ0) is 7.78. The Morgan fingerprint density at radius 3 is 2.20 bits per heavy atom. The predicted octanol–water partition coefficient (Wildman–Crippen LogP) is 1.22. The fourth-order valence-electron chi connectivity index (χ4n) is 1.56. The van der Waals surface area contributed by atoms with E-state index in [1.165, 1.54) is 0 Å². The third kappa shape index (κ3) is 1.34. The van der Waals surface area contributed by atoms with Crippen molar-refractivity contribution >= 4 is 9.84 Å². The Labute approximate surface area is 62.5 Å². The normalized spacial score (nSPS) is 31.3. The summed E-state index contributed by atoms with van der Waals surface area (Å²) in [5, 5.41) is -0.0486. The maximum atomic E-state index is 11.2. The molecular formula is C7H14O2S. The quantitative estimate of drug-likeness (QED) is 0.581. The topological polar surface area (TPSA) is 34.1 Å². The molecule has 1 rings (SSSR count). The summed E-state index contributed by atoms with van der Waals surface area (Å²) < 4.78 is 22.4. The Morgan fingerprint density at radius 2 is 2.00 bits per heavy atom. The van der Waals surface area contributed by atoms with Gasteiger partial charge in [-0.3, -0.25) is 0 Å². The average Bonchev–Trinajstić information content (AvgIpc) is 2.08. The Kier molecular flexibility index (Phi) is 2.04. The van der Waals surface area contributed by atoms with E-state index < -0.39 is 9.84 Å². The highest BCUT2D eigenvalue weighted by Gasteiger charge is 2.33. The average molecular weight is 162 g/mol. The number of hydrogen-bond donors (Lipinski definition) is 0. The van der Waals surface area contributed by atoms with Gasteiger partial charge in [-0.25, -0.2) is 8.42 Å². The van der Waals surface area contributed by atoms with Crippen LogP contribution in [0.25, 0.3) is 0 Å². The molecule has 1 saturated heterocycles. The lowest BCUT2D eigenvalue weighted by Gasteiger charge is -2.11. The Balaban J connectivity index is 2.79. The van der Waals surface area contributed by atoms with Gasteiger partial charge in [0.2, 0.25) is 0 Å². The highest BCUT2D eigenvalue weighted by atomic mass is 32.2. The largest absolute Gasteiger partial charge is 0.229 e. The molecule has 0 aromatic carbocycles. The van der Waals surface area contributed by atoms with Gasteiger partial charge < -0.3 is 0 Å². The summed E-state index contributed by atoms with van der Waals surface area (Å²) in [4.78, 5) is 0. The number of rotatable bonds is 1. The smallest absolute Gasteiger partial charge is 0.153 e. The fourth-order valence-corrected chi connectivity index (χ4v) is 3.79. The molecule has 0 aromatic heterocycles. The molecule has 1 heterocycles. The third-order valence-corrected chi connectivity index (χ3v) is 4.68. The van der Waals surface area contributed by atoms with Crippen molar-refractivity contribution in [2.75, 3.05) is 5.75 Å². The summed E-state index contributed by atoms with van der Waals surface area (Å²) in [6, 6.07) is 0. The molecule has 0 spiro atoms. The molecule has 0 bridgehead atoms. The van der Waals surface area contributed by atoms with Gasteiger partial charge in [-0.2, -0.15) is 0 Å². The molecule has 1 unspecified atom stereocenters. The third-order valence-electron chi connectivity index (χ3n) is 2.12. The molecule has 0 saturated carbocycles. The van der Waals surface area contributed by atoms with Gasteiger partial charge in [0.05, 0.1) is 11.0 Å². The minimum Gasteiger partial charge on any atom is -0.229 e. The molecule has 0 aliphatic carbocycles. The first kappa shape index (κ1) is 8.05. The maximum Gasteiger partial charge on any atom is 0.153 e. The van der Waals surface area contributed by atoms with Crippen LogP contribution in [0.3, 0.4) is 0 Å². The van der Waals surface area contributed by atoms with Crippen molar-refractivity contribution in [3.63, 3.8) is 0 Å². The van der Waals surface area contributed by atoms with Crippen molar-refractivity contribution < 1.29 is 8.42 Å². The van der Waals surface area contributed by atoms with E-state index in [1.54, 1.807) is 0 Å². The van der Waals surface area contributed by atoms with Gasteiger partial charge in [-0.05, 0) is 18.8 Å². The van der Waals surface area contributed by atoms with E-state index in [0.717, 1.165) is 12.8 Å². The molecule has 3 heteroatoms. The summed E-state index contributed by atoms with van der Waals surface area (Å²) in [6.45, 7) is 3.96. The van der Waals surface area contributed by atoms with Crippen LogP contribution in [0.5, 0.6) is 0 Å². The van der Waals surface area contributed by atoms with Gasteiger partial charge in [0, 0.05) is 0 Å². The van der Waals surface area contributed by atoms with Crippen molar-refractivity contribution in [1.82, 2.24) is 0 Å². The lowest BCUT2D eigenvalue weighted by atomic mass is 10.1. The zero-order valence-corrected chi connectivity index (χ0v) is 7.32. The van der Waals surface area contributed by atoms with Gasteiger partial charge in [0.15, 0.2) is 9.84 Å². The molecule has 1 aliphatic heterocycles. The Hall–Kier alpha value is -0.0500. The lowest BCUT2D eigenvalue weighted by Crippen LogP contribution is -2.21. The van der Waals surface area contributed by atoms with E-state index in [1.807, 2.05) is 13.8 Å². The second-order valence-electron chi connectivity index (χ2n) is 3.29. The second-order valence-corrected chi connectivity index (χ2v) is 5.63. The zero-order valence-electron chi connectivity index (χ0n) is 6.50. The molecule has 10 heavy (non-hydrogen) atoms. The molecule has 1 aliphatic rings. The van der Waals surface area contributed by atoms with Gasteiger partial charge in [0.1, 0.15) is 0 Å². The number of sulfone groups is 1. The minimum absolute atomic E-state index is 0.0486. The Morgan fingerprint density at radius 1 is 1.40 bits per heavy atom. The SMILES string of the molecule is CC(C)C1CCCS1(=O)=O. The van der Waals surface area contributed by atoms with Crippen LogP contribution in [0, 0.1) is 5.92 Å². The molecule has 0 N–H and O–H groups in total. The molecule has 1 fully saturated rings. The summed E-state index contributed by atoms with van der Waals surface area (Å²) in [7, 11) is -2.69. The number of hydrogen-bond acceptors (Lipinski definition) is 2. The van der Waals surface area contributed by atoms with E-state index in [9.17, 15) is 8.42 Å². The van der Waals surface area contributed by atoms with Gasteiger partial charge in [-0.1, -0.05) is 13.8 Å². The van der Waals surface area contributed by atoms with Crippen molar-refractivity contribution in [3.05, 3.63) is 0 Å². The van der Waals surface area contributed by atoms with Crippen molar-refractivity contribution in [2.45, 2.75) is 31.9 Å².